The minimum atomic E-state index is 0.754. The summed E-state index contributed by atoms with van der Waals surface area (Å²) in [5.74, 6) is 3.05. The highest BCUT2D eigenvalue weighted by Gasteiger charge is 2.37. The molecule has 1 saturated heterocycles. The Morgan fingerprint density at radius 3 is 2.22 bits per heavy atom. The Balaban J connectivity index is 1.51. The highest BCUT2D eigenvalue weighted by atomic mass is 15.2. The molecule has 1 N–H and O–H groups in total. The number of hydrogen-bond acceptors (Lipinski definition) is 2. The second kappa shape index (κ2) is 5.92. The number of nitrogens with zero attached hydrogens (tertiary/aromatic N) is 1. The van der Waals surface area contributed by atoms with Gasteiger partial charge < -0.3 is 10.2 Å². The molecule has 104 valence electrons. The molecule has 0 amide bonds. The average Bonchev–Trinajstić information content (AvgIpc) is 2.97. The number of rotatable bonds is 4. The molecule has 0 aromatic carbocycles. The summed E-state index contributed by atoms with van der Waals surface area (Å²) >= 11 is 0. The average molecular weight is 250 g/mol. The van der Waals surface area contributed by atoms with E-state index in [0.717, 1.165) is 23.8 Å². The van der Waals surface area contributed by atoms with E-state index in [2.05, 4.69) is 17.3 Å². The zero-order valence-electron chi connectivity index (χ0n) is 12.0. The minimum absolute atomic E-state index is 0.754. The van der Waals surface area contributed by atoms with E-state index < -0.39 is 0 Å². The Morgan fingerprint density at radius 1 is 0.944 bits per heavy atom. The lowest BCUT2D eigenvalue weighted by atomic mass is 9.83. The van der Waals surface area contributed by atoms with Crippen molar-refractivity contribution in [2.24, 2.45) is 17.8 Å². The molecule has 3 fully saturated rings. The third kappa shape index (κ3) is 2.75. The van der Waals surface area contributed by atoms with E-state index in [4.69, 9.17) is 0 Å². The third-order valence-corrected chi connectivity index (χ3v) is 5.85. The molecule has 2 aliphatic carbocycles. The molecule has 0 aromatic rings. The van der Waals surface area contributed by atoms with E-state index >= 15 is 0 Å². The summed E-state index contributed by atoms with van der Waals surface area (Å²) < 4.78 is 0. The van der Waals surface area contributed by atoms with Crippen LogP contribution in [0.3, 0.4) is 0 Å². The number of likely N-dealkylation sites (tertiary alicyclic amines) is 1. The molecule has 0 aromatic heterocycles. The van der Waals surface area contributed by atoms with Gasteiger partial charge >= 0.3 is 0 Å². The Bertz CT molecular complexity index is 248. The van der Waals surface area contributed by atoms with Crippen molar-refractivity contribution in [1.82, 2.24) is 10.2 Å². The van der Waals surface area contributed by atoms with E-state index in [-0.39, 0.29) is 0 Å². The van der Waals surface area contributed by atoms with E-state index in [1.807, 2.05) is 0 Å². The molecule has 3 unspecified atom stereocenters. The van der Waals surface area contributed by atoms with Crippen LogP contribution in [0.5, 0.6) is 0 Å². The van der Waals surface area contributed by atoms with Crippen LogP contribution in [0.15, 0.2) is 0 Å². The van der Waals surface area contributed by atoms with Gasteiger partial charge in [-0.15, -0.1) is 0 Å². The summed E-state index contributed by atoms with van der Waals surface area (Å²) in [6, 6.07) is 0.754. The highest BCUT2D eigenvalue weighted by Crippen LogP contribution is 2.38. The van der Waals surface area contributed by atoms with Crippen molar-refractivity contribution in [3.05, 3.63) is 0 Å². The van der Waals surface area contributed by atoms with Crippen molar-refractivity contribution >= 4 is 0 Å². The first kappa shape index (κ1) is 12.9. The van der Waals surface area contributed by atoms with Gasteiger partial charge in [-0.1, -0.05) is 25.7 Å². The molecular formula is C16H30N2. The van der Waals surface area contributed by atoms with Gasteiger partial charge in [0.1, 0.15) is 0 Å². The van der Waals surface area contributed by atoms with Crippen molar-refractivity contribution in [3.8, 4) is 0 Å². The Hall–Kier alpha value is -0.0800. The Kier molecular flexibility index (Phi) is 4.25. The van der Waals surface area contributed by atoms with Gasteiger partial charge in [0.15, 0.2) is 0 Å². The monoisotopic (exact) mass is 250 g/mol. The topological polar surface area (TPSA) is 15.3 Å². The molecule has 1 heterocycles. The van der Waals surface area contributed by atoms with Crippen LogP contribution in [0.25, 0.3) is 0 Å². The molecule has 2 saturated carbocycles. The van der Waals surface area contributed by atoms with Crippen molar-refractivity contribution < 1.29 is 0 Å². The van der Waals surface area contributed by atoms with Crippen LogP contribution in [0, 0.1) is 17.8 Å². The van der Waals surface area contributed by atoms with Crippen LogP contribution in [0.1, 0.15) is 51.4 Å². The molecule has 3 atom stereocenters. The fraction of sp³-hybridized carbons (Fsp3) is 1.00. The number of hydrogen-bond donors (Lipinski definition) is 1. The number of fused-ring (bicyclic) bond motifs is 1. The molecule has 2 nitrogen and oxygen atoms in total. The first-order valence-corrected chi connectivity index (χ1v) is 8.26. The predicted octanol–water partition coefficient (Wildman–Crippen LogP) is 2.89. The quantitative estimate of drug-likeness (QED) is 0.825. The maximum absolute atomic E-state index is 3.62. The second-order valence-corrected chi connectivity index (χ2v) is 6.96. The lowest BCUT2D eigenvalue weighted by Crippen LogP contribution is -2.44. The summed E-state index contributed by atoms with van der Waals surface area (Å²) in [5.41, 5.74) is 0. The van der Waals surface area contributed by atoms with Gasteiger partial charge in [-0.2, -0.15) is 0 Å². The van der Waals surface area contributed by atoms with Gasteiger partial charge in [-0.25, -0.2) is 0 Å². The van der Waals surface area contributed by atoms with E-state index in [9.17, 15) is 0 Å². The molecule has 18 heavy (non-hydrogen) atoms. The van der Waals surface area contributed by atoms with E-state index in [0.29, 0.717) is 0 Å². The lowest BCUT2D eigenvalue weighted by Gasteiger charge is -2.33. The highest BCUT2D eigenvalue weighted by molar-refractivity contribution is 4.91. The lowest BCUT2D eigenvalue weighted by molar-refractivity contribution is 0.204. The first-order chi connectivity index (χ1) is 8.86. The van der Waals surface area contributed by atoms with Crippen LogP contribution in [0.2, 0.25) is 0 Å². The molecule has 0 spiro atoms. The van der Waals surface area contributed by atoms with Gasteiger partial charge in [0, 0.05) is 25.7 Å². The van der Waals surface area contributed by atoms with Crippen LogP contribution in [-0.2, 0) is 0 Å². The second-order valence-electron chi connectivity index (χ2n) is 6.96. The summed E-state index contributed by atoms with van der Waals surface area (Å²) in [4.78, 5) is 2.77. The van der Waals surface area contributed by atoms with Crippen LogP contribution in [0.4, 0.5) is 0 Å². The maximum atomic E-state index is 3.62. The molecular weight excluding hydrogens is 220 g/mol. The van der Waals surface area contributed by atoms with Crippen LogP contribution >= 0.6 is 0 Å². The molecule has 2 heteroatoms. The summed E-state index contributed by atoms with van der Waals surface area (Å²) in [6.07, 6.45) is 11.9. The molecule has 1 aliphatic heterocycles. The largest absolute Gasteiger partial charge is 0.315 e. The van der Waals surface area contributed by atoms with E-state index in [1.165, 1.54) is 71.0 Å². The standard InChI is InChI=1S/C16H30N2/c1-17-16(13-6-3-2-4-7-13)12-18-10-14-8-5-9-15(14)11-18/h13-17H,2-12H2,1H3. The van der Waals surface area contributed by atoms with E-state index in [1.54, 1.807) is 0 Å². The zero-order chi connectivity index (χ0) is 12.4. The number of likely N-dealkylation sites (N-methyl/N-ethyl adjacent to an activating group) is 1. The van der Waals surface area contributed by atoms with Gasteiger partial charge in [-0.05, 0) is 50.5 Å². The minimum Gasteiger partial charge on any atom is -0.315 e. The fourth-order valence-electron chi connectivity index (χ4n) is 4.77. The maximum Gasteiger partial charge on any atom is 0.0220 e. The zero-order valence-corrected chi connectivity index (χ0v) is 12.0. The summed E-state index contributed by atoms with van der Waals surface area (Å²) in [6.45, 7) is 4.11. The van der Waals surface area contributed by atoms with Crippen LogP contribution < -0.4 is 5.32 Å². The SMILES string of the molecule is CNC(CN1CC2CCCC2C1)C1CCCCC1. The summed E-state index contributed by atoms with van der Waals surface area (Å²) in [5, 5.41) is 3.62. The molecule has 3 rings (SSSR count). The Labute approximate surface area is 113 Å². The fourth-order valence-corrected chi connectivity index (χ4v) is 4.77. The third-order valence-electron chi connectivity index (χ3n) is 5.85. The van der Waals surface area contributed by atoms with Gasteiger partial charge in [0.2, 0.25) is 0 Å². The molecule has 0 radical (unpaired) electrons. The molecule has 3 aliphatic rings. The predicted molar refractivity (Wildman–Crippen MR) is 76.7 cm³/mol. The van der Waals surface area contributed by atoms with Gasteiger partial charge in [0.25, 0.3) is 0 Å². The summed E-state index contributed by atoms with van der Waals surface area (Å²) in [7, 11) is 2.18. The normalized spacial score (nSPS) is 35.8. The Morgan fingerprint density at radius 2 is 1.61 bits per heavy atom. The smallest absolute Gasteiger partial charge is 0.0220 e. The van der Waals surface area contributed by atoms with Crippen LogP contribution in [-0.4, -0.2) is 37.6 Å². The molecule has 0 bridgehead atoms. The van der Waals surface area contributed by atoms with Crippen molar-refractivity contribution in [2.75, 3.05) is 26.7 Å². The van der Waals surface area contributed by atoms with Crippen molar-refractivity contribution in [1.29, 1.82) is 0 Å². The van der Waals surface area contributed by atoms with Crippen molar-refractivity contribution in [3.63, 3.8) is 0 Å². The van der Waals surface area contributed by atoms with Gasteiger partial charge in [0.05, 0.1) is 0 Å². The number of nitrogens with one attached hydrogen (secondary N) is 1. The first-order valence-electron chi connectivity index (χ1n) is 8.26. The van der Waals surface area contributed by atoms with Crippen molar-refractivity contribution in [2.45, 2.75) is 57.4 Å². The van der Waals surface area contributed by atoms with Gasteiger partial charge in [-0.3, -0.25) is 0 Å².